The summed E-state index contributed by atoms with van der Waals surface area (Å²) < 4.78 is 91.3. The third kappa shape index (κ3) is 1.88. The average Bonchev–Trinajstić information content (AvgIpc) is 2.73. The van der Waals surface area contributed by atoms with Crippen molar-refractivity contribution < 1.29 is 36.2 Å². The molecule has 2 rings (SSSR count). The topological polar surface area (TPSA) is 53.2 Å². The van der Waals surface area contributed by atoms with Crippen LogP contribution in [0.1, 0.15) is 12.8 Å². The van der Waals surface area contributed by atoms with Gasteiger partial charge in [-0.05, 0) is 12.8 Å². The van der Waals surface area contributed by atoms with Crippen molar-refractivity contribution in [1.82, 2.24) is 0 Å². The Labute approximate surface area is 138 Å². The van der Waals surface area contributed by atoms with Gasteiger partial charge in [-0.25, -0.2) is 17.6 Å². The molecule has 0 aromatic carbocycles. The summed E-state index contributed by atoms with van der Waals surface area (Å²) in [5.74, 6) is -12.9. The Balaban J connectivity index is 2.59. The fourth-order valence-electron chi connectivity index (χ4n) is 3.78. The van der Waals surface area contributed by atoms with Crippen LogP contribution in [0.4, 0.5) is 26.3 Å². The Morgan fingerprint density at radius 3 is 2.29 bits per heavy atom. The van der Waals surface area contributed by atoms with E-state index in [9.17, 15) is 27.2 Å². The molecule has 4 unspecified atom stereocenters. The first kappa shape index (κ1) is 19.3. The van der Waals surface area contributed by atoms with E-state index in [4.69, 9.17) is 21.4 Å². The van der Waals surface area contributed by atoms with Crippen LogP contribution in [-0.4, -0.2) is 48.1 Å². The lowest BCUT2D eigenvalue weighted by atomic mass is 9.64. The molecule has 0 radical (unpaired) electrons. The highest BCUT2D eigenvalue weighted by Crippen LogP contribution is 2.77. The number of ether oxygens (including phenoxy) is 1. The Bertz CT molecular complexity index is 596. The SMILES string of the molecule is N#CC1(CCOCCO)C(CCCl)C2(F)C(F)=C(F)C1(F)C2(F)F. The van der Waals surface area contributed by atoms with Gasteiger partial charge >= 0.3 is 5.92 Å². The van der Waals surface area contributed by atoms with Crippen LogP contribution < -0.4 is 0 Å². The van der Waals surface area contributed by atoms with Gasteiger partial charge in [0.05, 0.1) is 19.3 Å². The Kier molecular flexibility index (Phi) is 4.90. The zero-order chi connectivity index (χ0) is 18.4. The number of alkyl halides is 5. The van der Waals surface area contributed by atoms with Gasteiger partial charge in [0, 0.05) is 18.4 Å². The van der Waals surface area contributed by atoms with Gasteiger partial charge < -0.3 is 9.84 Å². The smallest absolute Gasteiger partial charge is 0.329 e. The Morgan fingerprint density at radius 1 is 1.17 bits per heavy atom. The monoisotopic (exact) mass is 377 g/mol. The van der Waals surface area contributed by atoms with E-state index in [1.807, 2.05) is 0 Å². The predicted octanol–water partition coefficient (Wildman–Crippen LogP) is 3.37. The summed E-state index contributed by atoms with van der Waals surface area (Å²) in [4.78, 5) is 0. The van der Waals surface area contributed by atoms with Crippen LogP contribution in [0.2, 0.25) is 0 Å². The maximum absolute atomic E-state index is 15.1. The van der Waals surface area contributed by atoms with E-state index in [0.717, 1.165) is 0 Å². The lowest BCUT2D eigenvalue weighted by Gasteiger charge is -2.39. The molecule has 3 nitrogen and oxygen atoms in total. The molecule has 0 spiro atoms. The lowest BCUT2D eigenvalue weighted by molar-refractivity contribution is -0.167. The summed E-state index contributed by atoms with van der Waals surface area (Å²) in [6.07, 6.45) is -1.48. The molecule has 136 valence electrons. The fourth-order valence-corrected chi connectivity index (χ4v) is 3.99. The van der Waals surface area contributed by atoms with Crippen LogP contribution in [-0.2, 0) is 4.74 Å². The molecule has 4 atom stereocenters. The molecule has 1 fully saturated rings. The third-order valence-electron chi connectivity index (χ3n) is 4.87. The molecule has 0 aromatic rings. The molecule has 0 amide bonds. The zero-order valence-corrected chi connectivity index (χ0v) is 13.0. The van der Waals surface area contributed by atoms with Crippen LogP contribution in [0.3, 0.4) is 0 Å². The highest BCUT2D eigenvalue weighted by molar-refractivity contribution is 6.17. The second-order valence-electron chi connectivity index (χ2n) is 5.77. The number of halogens is 7. The Hall–Kier alpha value is -0.980. The van der Waals surface area contributed by atoms with Gasteiger partial charge in [0.25, 0.3) is 0 Å². The number of hydrogen-bond donors (Lipinski definition) is 1. The van der Waals surface area contributed by atoms with E-state index in [1.54, 1.807) is 0 Å². The molecular weight excluding hydrogens is 364 g/mol. The van der Waals surface area contributed by atoms with Gasteiger partial charge in [-0.1, -0.05) is 0 Å². The molecule has 0 heterocycles. The highest BCUT2D eigenvalue weighted by Gasteiger charge is 2.95. The van der Waals surface area contributed by atoms with E-state index >= 15 is 4.39 Å². The second kappa shape index (κ2) is 6.07. The summed E-state index contributed by atoms with van der Waals surface area (Å²) in [6, 6.07) is 1.26. The van der Waals surface area contributed by atoms with Gasteiger partial charge in [-0.2, -0.15) is 14.0 Å². The number of fused-ring (bicyclic) bond motifs is 2. The van der Waals surface area contributed by atoms with Crippen molar-refractivity contribution >= 4 is 11.6 Å². The predicted molar refractivity (Wildman–Crippen MR) is 71.3 cm³/mol. The summed E-state index contributed by atoms with van der Waals surface area (Å²) >= 11 is 5.43. The first-order valence-corrected chi connectivity index (χ1v) is 7.64. The molecule has 0 saturated heterocycles. The number of hydrogen-bond acceptors (Lipinski definition) is 3. The number of aliphatic hydroxyl groups excluding tert-OH is 1. The number of rotatable bonds is 7. The van der Waals surface area contributed by atoms with Crippen molar-refractivity contribution in [2.45, 2.75) is 30.1 Å². The van der Waals surface area contributed by atoms with E-state index < -0.39 is 72.2 Å². The first-order chi connectivity index (χ1) is 11.1. The van der Waals surface area contributed by atoms with Crippen LogP contribution in [0, 0.1) is 22.7 Å². The van der Waals surface area contributed by atoms with Crippen molar-refractivity contribution in [2.24, 2.45) is 11.3 Å². The molecule has 24 heavy (non-hydrogen) atoms. The number of nitrogens with zero attached hydrogens (tertiary/aromatic N) is 1. The molecule has 2 aliphatic rings. The van der Waals surface area contributed by atoms with Gasteiger partial charge in [0.15, 0.2) is 11.7 Å². The normalized spacial score (nSPS) is 40.2. The molecule has 1 N–H and O–H groups in total. The highest BCUT2D eigenvalue weighted by atomic mass is 35.5. The first-order valence-electron chi connectivity index (χ1n) is 7.11. The standard InChI is InChI=1S/C14H14ClF6NO2/c15-3-1-8-11(7-22,2-5-24-6-4-23)13(19)10(17)9(16)12(8,18)14(13,20)21/h8,23H,1-6H2. The quantitative estimate of drug-likeness (QED) is 0.420. The van der Waals surface area contributed by atoms with Crippen LogP contribution >= 0.6 is 11.6 Å². The van der Waals surface area contributed by atoms with Gasteiger partial charge in [-0.15, -0.1) is 11.6 Å². The molecule has 0 aliphatic heterocycles. The van der Waals surface area contributed by atoms with Crippen molar-refractivity contribution in [3.05, 3.63) is 11.7 Å². The minimum absolute atomic E-state index is 0.245. The van der Waals surface area contributed by atoms with Crippen molar-refractivity contribution in [3.8, 4) is 6.07 Å². The van der Waals surface area contributed by atoms with E-state index in [0.29, 0.717) is 0 Å². The maximum atomic E-state index is 15.1. The van der Waals surface area contributed by atoms with E-state index in [2.05, 4.69) is 0 Å². The van der Waals surface area contributed by atoms with Crippen LogP contribution in [0.25, 0.3) is 0 Å². The third-order valence-corrected chi connectivity index (χ3v) is 5.09. The van der Waals surface area contributed by atoms with Crippen molar-refractivity contribution in [2.75, 3.05) is 25.7 Å². The molecule has 1 saturated carbocycles. The van der Waals surface area contributed by atoms with E-state index in [-0.39, 0.29) is 6.61 Å². The minimum atomic E-state index is -5.10. The summed E-state index contributed by atoms with van der Waals surface area (Å²) in [7, 11) is 0. The largest absolute Gasteiger partial charge is 0.394 e. The van der Waals surface area contributed by atoms with Crippen molar-refractivity contribution in [3.63, 3.8) is 0 Å². The molecular formula is C14H14ClF6NO2. The minimum Gasteiger partial charge on any atom is -0.394 e. The number of aliphatic hydroxyl groups is 1. The summed E-state index contributed by atoms with van der Waals surface area (Å²) in [6.45, 7) is -1.21. The Morgan fingerprint density at radius 2 is 1.79 bits per heavy atom. The molecule has 0 aromatic heterocycles. The molecule has 10 heteroatoms. The average molecular weight is 378 g/mol. The number of allylic oxidation sites excluding steroid dienone is 2. The zero-order valence-electron chi connectivity index (χ0n) is 12.3. The van der Waals surface area contributed by atoms with Gasteiger partial charge in [0.1, 0.15) is 5.41 Å². The summed E-state index contributed by atoms with van der Waals surface area (Å²) in [5.41, 5.74) is -11.6. The second-order valence-corrected chi connectivity index (χ2v) is 6.15. The van der Waals surface area contributed by atoms with E-state index in [1.165, 1.54) is 6.07 Å². The lowest BCUT2D eigenvalue weighted by Crippen LogP contribution is -2.52. The maximum Gasteiger partial charge on any atom is 0.329 e. The molecule has 2 aliphatic carbocycles. The van der Waals surface area contributed by atoms with Crippen molar-refractivity contribution in [1.29, 1.82) is 5.26 Å². The van der Waals surface area contributed by atoms with Gasteiger partial charge in [-0.3, -0.25) is 0 Å². The number of nitriles is 1. The van der Waals surface area contributed by atoms with Crippen LogP contribution in [0.5, 0.6) is 0 Å². The molecule has 2 bridgehead atoms. The van der Waals surface area contributed by atoms with Gasteiger partial charge in [0.2, 0.25) is 11.3 Å². The fraction of sp³-hybridized carbons (Fsp3) is 0.786. The summed E-state index contributed by atoms with van der Waals surface area (Å²) in [5, 5.41) is 18.0. The van der Waals surface area contributed by atoms with Crippen LogP contribution in [0.15, 0.2) is 11.7 Å².